The van der Waals surface area contributed by atoms with E-state index in [-0.39, 0.29) is 0 Å². The van der Waals surface area contributed by atoms with Crippen molar-refractivity contribution in [2.45, 2.75) is 57.3 Å². The number of rotatable bonds is 1. The van der Waals surface area contributed by atoms with Crippen molar-refractivity contribution >= 4 is 0 Å². The fraction of sp³-hybridized carbons (Fsp3) is 1.00. The first-order valence-electron chi connectivity index (χ1n) is 6.00. The van der Waals surface area contributed by atoms with Crippen molar-refractivity contribution in [1.29, 1.82) is 0 Å². The molecule has 0 saturated carbocycles. The van der Waals surface area contributed by atoms with Crippen LogP contribution >= 0.6 is 0 Å². The van der Waals surface area contributed by atoms with Crippen LogP contribution in [0.1, 0.15) is 44.9 Å². The maximum atomic E-state index is 12.4. The van der Waals surface area contributed by atoms with E-state index in [4.69, 9.17) is 0 Å². The van der Waals surface area contributed by atoms with Gasteiger partial charge in [-0.15, -0.1) is 0 Å². The van der Waals surface area contributed by atoms with Crippen LogP contribution in [0.5, 0.6) is 0 Å². The van der Waals surface area contributed by atoms with E-state index >= 15 is 0 Å². The molecular weight excluding hydrogens is 219 g/mol. The monoisotopic (exact) mass is 239 g/mol. The maximum absolute atomic E-state index is 12.4. The third kappa shape index (κ3) is 4.70. The van der Waals surface area contributed by atoms with Gasteiger partial charge in [-0.25, -0.2) is 0 Å². The highest BCUT2D eigenvalue weighted by Crippen LogP contribution is 2.24. The standard InChI is InChI=1S/C11H20F3NO/c12-11(13,14)10(16)15-8-6-4-2-1-3-5-7-9-15/h10,16H,1-9H2. The molecule has 0 amide bonds. The van der Waals surface area contributed by atoms with E-state index in [0.29, 0.717) is 13.1 Å². The van der Waals surface area contributed by atoms with E-state index in [9.17, 15) is 18.3 Å². The Bertz CT molecular complexity index is 186. The Balaban J connectivity index is 2.47. The lowest BCUT2D eigenvalue weighted by atomic mass is 10.1. The average Bonchev–Trinajstić information content (AvgIpc) is 2.23. The molecule has 1 atom stereocenters. The van der Waals surface area contributed by atoms with Gasteiger partial charge in [-0.05, 0) is 12.8 Å². The number of alkyl halides is 3. The van der Waals surface area contributed by atoms with Crippen LogP contribution in [0.25, 0.3) is 0 Å². The molecule has 1 heterocycles. The van der Waals surface area contributed by atoms with E-state index < -0.39 is 12.4 Å². The maximum Gasteiger partial charge on any atom is 0.428 e. The van der Waals surface area contributed by atoms with Gasteiger partial charge in [0.15, 0.2) is 0 Å². The molecule has 1 saturated heterocycles. The van der Waals surface area contributed by atoms with Crippen LogP contribution in [0.2, 0.25) is 0 Å². The molecule has 0 aromatic rings. The Morgan fingerprint density at radius 3 is 1.56 bits per heavy atom. The minimum absolute atomic E-state index is 0.348. The highest BCUT2D eigenvalue weighted by molar-refractivity contribution is 4.70. The molecule has 1 unspecified atom stereocenters. The van der Waals surface area contributed by atoms with Gasteiger partial charge >= 0.3 is 6.18 Å². The Kier molecular flexibility index (Phi) is 5.55. The summed E-state index contributed by atoms with van der Waals surface area (Å²) in [6.07, 6.45) is -0.0350. The molecular formula is C11H20F3NO. The number of hydrogen-bond acceptors (Lipinski definition) is 2. The van der Waals surface area contributed by atoms with Crippen molar-refractivity contribution in [3.05, 3.63) is 0 Å². The smallest absolute Gasteiger partial charge is 0.370 e. The molecule has 0 aromatic heterocycles. The van der Waals surface area contributed by atoms with Gasteiger partial charge in [-0.1, -0.05) is 32.1 Å². The highest BCUT2D eigenvalue weighted by atomic mass is 19.4. The van der Waals surface area contributed by atoms with Gasteiger partial charge in [0.25, 0.3) is 0 Å². The van der Waals surface area contributed by atoms with E-state index in [0.717, 1.165) is 43.4 Å². The van der Waals surface area contributed by atoms with Crippen LogP contribution in [0.4, 0.5) is 13.2 Å². The van der Waals surface area contributed by atoms with Gasteiger partial charge in [0.1, 0.15) is 0 Å². The zero-order valence-corrected chi connectivity index (χ0v) is 9.47. The molecule has 0 aromatic carbocycles. The fourth-order valence-corrected chi connectivity index (χ4v) is 2.08. The lowest BCUT2D eigenvalue weighted by Gasteiger charge is -2.29. The van der Waals surface area contributed by atoms with Crippen LogP contribution in [-0.2, 0) is 0 Å². The first kappa shape index (κ1) is 13.8. The van der Waals surface area contributed by atoms with Crippen LogP contribution in [-0.4, -0.2) is 35.5 Å². The summed E-state index contributed by atoms with van der Waals surface area (Å²) in [6.45, 7) is 0.696. The third-order valence-electron chi connectivity index (χ3n) is 3.03. The van der Waals surface area contributed by atoms with Crippen molar-refractivity contribution in [3.63, 3.8) is 0 Å². The van der Waals surface area contributed by atoms with Gasteiger partial charge in [-0.2, -0.15) is 13.2 Å². The number of aliphatic hydroxyl groups is 1. The van der Waals surface area contributed by atoms with Gasteiger partial charge in [0, 0.05) is 13.1 Å². The molecule has 16 heavy (non-hydrogen) atoms. The van der Waals surface area contributed by atoms with Gasteiger partial charge in [0.2, 0.25) is 6.23 Å². The highest BCUT2D eigenvalue weighted by Gasteiger charge is 2.41. The molecule has 96 valence electrons. The molecule has 1 fully saturated rings. The Labute approximate surface area is 94.4 Å². The normalized spacial score (nSPS) is 24.0. The number of nitrogens with zero attached hydrogens (tertiary/aromatic N) is 1. The summed E-state index contributed by atoms with van der Waals surface area (Å²) in [7, 11) is 0. The molecule has 0 bridgehead atoms. The second-order valence-corrected chi connectivity index (χ2v) is 4.43. The molecule has 0 radical (unpaired) electrons. The predicted molar refractivity (Wildman–Crippen MR) is 56.0 cm³/mol. The predicted octanol–water partition coefficient (Wildman–Crippen LogP) is 2.91. The first-order valence-corrected chi connectivity index (χ1v) is 6.00. The zero-order valence-electron chi connectivity index (χ0n) is 9.47. The average molecular weight is 239 g/mol. The van der Waals surface area contributed by atoms with Crippen molar-refractivity contribution in [3.8, 4) is 0 Å². The molecule has 5 heteroatoms. The Morgan fingerprint density at radius 2 is 1.19 bits per heavy atom. The van der Waals surface area contributed by atoms with Crippen LogP contribution in [0.15, 0.2) is 0 Å². The second-order valence-electron chi connectivity index (χ2n) is 4.43. The summed E-state index contributed by atoms with van der Waals surface area (Å²) in [4.78, 5) is 1.16. The lowest BCUT2D eigenvalue weighted by molar-refractivity contribution is -0.250. The summed E-state index contributed by atoms with van der Waals surface area (Å²) in [6, 6.07) is 0. The van der Waals surface area contributed by atoms with Gasteiger partial charge in [-0.3, -0.25) is 4.90 Å². The van der Waals surface area contributed by atoms with Crippen LogP contribution in [0.3, 0.4) is 0 Å². The molecule has 1 N–H and O–H groups in total. The third-order valence-corrected chi connectivity index (χ3v) is 3.03. The number of hydrogen-bond donors (Lipinski definition) is 1. The number of halogens is 3. The van der Waals surface area contributed by atoms with Crippen LogP contribution in [0, 0.1) is 0 Å². The molecule has 0 spiro atoms. The quantitative estimate of drug-likeness (QED) is 0.760. The van der Waals surface area contributed by atoms with Crippen molar-refractivity contribution in [2.24, 2.45) is 0 Å². The minimum Gasteiger partial charge on any atom is -0.370 e. The van der Waals surface area contributed by atoms with Crippen molar-refractivity contribution in [1.82, 2.24) is 4.90 Å². The van der Waals surface area contributed by atoms with Crippen molar-refractivity contribution in [2.75, 3.05) is 13.1 Å². The van der Waals surface area contributed by atoms with E-state index in [2.05, 4.69) is 0 Å². The van der Waals surface area contributed by atoms with Crippen LogP contribution < -0.4 is 0 Å². The summed E-state index contributed by atoms with van der Waals surface area (Å²) in [5.41, 5.74) is 0. The van der Waals surface area contributed by atoms with E-state index in [1.165, 1.54) is 6.42 Å². The van der Waals surface area contributed by atoms with Gasteiger partial charge < -0.3 is 5.11 Å². The van der Waals surface area contributed by atoms with E-state index in [1.54, 1.807) is 0 Å². The molecule has 0 aliphatic carbocycles. The largest absolute Gasteiger partial charge is 0.428 e. The minimum atomic E-state index is -4.52. The summed E-state index contributed by atoms with van der Waals surface area (Å²) < 4.78 is 37.1. The number of aliphatic hydroxyl groups excluding tert-OH is 1. The first-order chi connectivity index (χ1) is 7.52. The molecule has 2 nitrogen and oxygen atoms in total. The molecule has 1 aliphatic heterocycles. The summed E-state index contributed by atoms with van der Waals surface area (Å²) in [5.74, 6) is 0. The summed E-state index contributed by atoms with van der Waals surface area (Å²) >= 11 is 0. The Hall–Kier alpha value is -0.290. The van der Waals surface area contributed by atoms with Crippen molar-refractivity contribution < 1.29 is 18.3 Å². The zero-order chi connectivity index (χ0) is 12.0. The van der Waals surface area contributed by atoms with Gasteiger partial charge in [0.05, 0.1) is 0 Å². The second kappa shape index (κ2) is 6.45. The van der Waals surface area contributed by atoms with E-state index in [1.807, 2.05) is 0 Å². The molecule has 1 aliphatic rings. The summed E-state index contributed by atoms with van der Waals surface area (Å²) in [5, 5.41) is 9.19. The fourth-order valence-electron chi connectivity index (χ4n) is 2.08. The Morgan fingerprint density at radius 1 is 0.812 bits per heavy atom. The molecule has 1 rings (SSSR count). The SMILES string of the molecule is OC(N1CCCCCCCCC1)C(F)(F)F. The topological polar surface area (TPSA) is 23.5 Å². The lowest BCUT2D eigenvalue weighted by Crippen LogP contribution is -2.46.